The highest BCUT2D eigenvalue weighted by Gasteiger charge is 2.29. The molecule has 2 aromatic rings. The first-order valence-corrected chi connectivity index (χ1v) is 11.4. The van der Waals surface area contributed by atoms with Gasteiger partial charge >= 0.3 is 0 Å². The maximum absolute atomic E-state index is 13.2. The van der Waals surface area contributed by atoms with Crippen molar-refractivity contribution in [1.82, 2.24) is 10.2 Å². The van der Waals surface area contributed by atoms with Crippen LogP contribution in [0.4, 0.5) is 0 Å². The van der Waals surface area contributed by atoms with Crippen molar-refractivity contribution < 1.29 is 14.3 Å². The monoisotopic (exact) mass is 478 g/mol. The van der Waals surface area contributed by atoms with E-state index in [0.29, 0.717) is 15.8 Å². The van der Waals surface area contributed by atoms with Gasteiger partial charge in [0.15, 0.2) is 6.61 Å². The molecule has 1 atom stereocenters. The average molecular weight is 479 g/mol. The van der Waals surface area contributed by atoms with Crippen molar-refractivity contribution in [2.24, 2.45) is 0 Å². The zero-order chi connectivity index (χ0) is 24.1. The molecule has 0 fully saturated rings. The molecule has 0 radical (unpaired) electrons. The molecule has 2 amide bonds. The number of hydrogen-bond donors (Lipinski definition) is 1. The van der Waals surface area contributed by atoms with Crippen molar-refractivity contribution in [1.29, 1.82) is 0 Å². The molecule has 0 bridgehead atoms. The van der Waals surface area contributed by atoms with Crippen LogP contribution in [0.15, 0.2) is 42.5 Å². The lowest BCUT2D eigenvalue weighted by Crippen LogP contribution is -2.53. The minimum Gasteiger partial charge on any atom is -0.483 e. The number of rotatable bonds is 8. The molecule has 1 N–H and O–H groups in total. The summed E-state index contributed by atoms with van der Waals surface area (Å²) in [4.78, 5) is 27.6. The molecule has 0 saturated carbocycles. The molecular formula is C25H32Cl2N2O3. The topological polar surface area (TPSA) is 58.6 Å². The molecule has 0 spiro atoms. The smallest absolute Gasteiger partial charge is 0.261 e. The number of hydrogen-bond acceptors (Lipinski definition) is 3. The molecule has 2 rings (SSSR count). The van der Waals surface area contributed by atoms with Crippen molar-refractivity contribution in [3.05, 3.63) is 63.6 Å². The molecule has 2 aromatic carbocycles. The van der Waals surface area contributed by atoms with Gasteiger partial charge in [0.2, 0.25) is 5.91 Å². The van der Waals surface area contributed by atoms with Gasteiger partial charge in [0.1, 0.15) is 11.8 Å². The van der Waals surface area contributed by atoms with Gasteiger partial charge in [0, 0.05) is 12.1 Å². The zero-order valence-electron chi connectivity index (χ0n) is 19.5. The van der Waals surface area contributed by atoms with Gasteiger partial charge in [-0.15, -0.1) is 0 Å². The Hall–Kier alpha value is -2.24. The Morgan fingerprint density at radius 1 is 1.03 bits per heavy atom. The lowest BCUT2D eigenvalue weighted by molar-refractivity contribution is -0.142. The molecule has 174 valence electrons. The Balaban J connectivity index is 2.25. The van der Waals surface area contributed by atoms with Crippen molar-refractivity contribution >= 4 is 35.0 Å². The van der Waals surface area contributed by atoms with Crippen LogP contribution in [0.2, 0.25) is 10.0 Å². The Morgan fingerprint density at radius 3 is 2.28 bits per heavy atom. The predicted octanol–water partition coefficient (Wildman–Crippen LogP) is 5.83. The van der Waals surface area contributed by atoms with E-state index in [1.807, 2.05) is 45.0 Å². The normalized spacial score (nSPS) is 12.4. The van der Waals surface area contributed by atoms with E-state index in [4.69, 9.17) is 27.9 Å². The zero-order valence-corrected chi connectivity index (χ0v) is 21.1. The van der Waals surface area contributed by atoms with E-state index in [-0.39, 0.29) is 30.9 Å². The van der Waals surface area contributed by atoms with Crippen LogP contribution < -0.4 is 10.1 Å². The van der Waals surface area contributed by atoms with E-state index in [2.05, 4.69) is 19.2 Å². The molecule has 0 aliphatic rings. The largest absolute Gasteiger partial charge is 0.483 e. The summed E-state index contributed by atoms with van der Waals surface area (Å²) < 4.78 is 5.88. The van der Waals surface area contributed by atoms with Crippen LogP contribution >= 0.6 is 23.2 Å². The predicted molar refractivity (Wildman–Crippen MR) is 130 cm³/mol. The molecule has 32 heavy (non-hydrogen) atoms. The van der Waals surface area contributed by atoms with Gasteiger partial charge in [-0.25, -0.2) is 0 Å². The third-order valence-corrected chi connectivity index (χ3v) is 5.63. The molecule has 0 saturated heterocycles. The number of nitrogens with one attached hydrogen (secondary N) is 1. The SMILES string of the molecule is CC(C)c1ccccc1OCC(=O)N(Cc1ccc(Cl)c(Cl)c1)C(C)C(=O)NC(C)(C)C. The summed E-state index contributed by atoms with van der Waals surface area (Å²) in [5, 5.41) is 3.76. The van der Waals surface area contributed by atoms with Crippen molar-refractivity contribution in [3.63, 3.8) is 0 Å². The standard InChI is InChI=1S/C25H32Cl2N2O3/c1-16(2)19-9-7-8-10-22(19)32-15-23(30)29(17(3)24(31)28-25(4,5)6)14-18-11-12-20(26)21(27)13-18/h7-13,16-17H,14-15H2,1-6H3,(H,28,31). The number of amides is 2. The van der Waals surface area contributed by atoms with Crippen molar-refractivity contribution in [2.75, 3.05) is 6.61 Å². The van der Waals surface area contributed by atoms with Gasteiger partial charge in [-0.2, -0.15) is 0 Å². The summed E-state index contributed by atoms with van der Waals surface area (Å²) in [5.41, 5.74) is 1.37. The Morgan fingerprint density at radius 2 is 1.69 bits per heavy atom. The van der Waals surface area contributed by atoms with E-state index < -0.39 is 11.6 Å². The molecular weight excluding hydrogens is 447 g/mol. The fourth-order valence-electron chi connectivity index (χ4n) is 3.20. The summed E-state index contributed by atoms with van der Waals surface area (Å²) in [7, 11) is 0. The first-order valence-electron chi connectivity index (χ1n) is 10.7. The number of ether oxygens (including phenoxy) is 1. The van der Waals surface area contributed by atoms with Crippen LogP contribution in [0.3, 0.4) is 0 Å². The number of carbonyl (C=O) groups excluding carboxylic acids is 2. The van der Waals surface area contributed by atoms with E-state index in [0.717, 1.165) is 11.1 Å². The molecule has 0 aliphatic carbocycles. The fraction of sp³-hybridized carbons (Fsp3) is 0.440. The van der Waals surface area contributed by atoms with Crippen molar-refractivity contribution in [2.45, 2.75) is 65.6 Å². The minimum atomic E-state index is -0.708. The number of nitrogens with zero attached hydrogens (tertiary/aromatic N) is 1. The van der Waals surface area contributed by atoms with Gasteiger partial charge < -0.3 is 15.0 Å². The minimum absolute atomic E-state index is 0.182. The van der Waals surface area contributed by atoms with Gasteiger partial charge in [0.25, 0.3) is 5.91 Å². The third kappa shape index (κ3) is 7.42. The van der Waals surface area contributed by atoms with Crippen LogP contribution in [0.25, 0.3) is 0 Å². The number of benzene rings is 2. The van der Waals surface area contributed by atoms with E-state index in [1.165, 1.54) is 4.90 Å². The first-order chi connectivity index (χ1) is 14.9. The highest BCUT2D eigenvalue weighted by molar-refractivity contribution is 6.42. The maximum Gasteiger partial charge on any atom is 0.261 e. The number of halogens is 2. The number of para-hydroxylation sites is 1. The lowest BCUT2D eigenvalue weighted by Gasteiger charge is -2.31. The van der Waals surface area contributed by atoms with Gasteiger partial charge in [-0.1, -0.05) is 61.3 Å². The van der Waals surface area contributed by atoms with E-state index >= 15 is 0 Å². The van der Waals surface area contributed by atoms with Gasteiger partial charge in [0.05, 0.1) is 10.0 Å². The number of carbonyl (C=O) groups is 2. The first kappa shape index (κ1) is 26.0. The average Bonchev–Trinajstić information content (AvgIpc) is 2.71. The Bertz CT molecular complexity index is 954. The van der Waals surface area contributed by atoms with Gasteiger partial charge in [-0.3, -0.25) is 9.59 Å². The second-order valence-electron chi connectivity index (χ2n) is 9.17. The van der Waals surface area contributed by atoms with Crippen molar-refractivity contribution in [3.8, 4) is 5.75 Å². The van der Waals surface area contributed by atoms with E-state index in [9.17, 15) is 9.59 Å². The Kier molecular flexibility index (Phi) is 8.99. The van der Waals surface area contributed by atoms with Crippen LogP contribution in [0.1, 0.15) is 58.6 Å². The van der Waals surface area contributed by atoms with Crippen LogP contribution in [-0.2, 0) is 16.1 Å². The highest BCUT2D eigenvalue weighted by Crippen LogP contribution is 2.26. The molecule has 7 heteroatoms. The molecule has 0 aromatic heterocycles. The second-order valence-corrected chi connectivity index (χ2v) is 9.98. The Labute approximate surface area is 201 Å². The van der Waals surface area contributed by atoms with E-state index in [1.54, 1.807) is 25.1 Å². The lowest BCUT2D eigenvalue weighted by atomic mass is 10.0. The molecule has 1 unspecified atom stereocenters. The molecule has 5 nitrogen and oxygen atoms in total. The summed E-state index contributed by atoms with van der Waals surface area (Å²) in [6.45, 7) is 11.6. The molecule has 0 aliphatic heterocycles. The van der Waals surface area contributed by atoms with Crippen LogP contribution in [0.5, 0.6) is 5.75 Å². The summed E-state index contributed by atoms with van der Waals surface area (Å²) in [5.74, 6) is 0.377. The van der Waals surface area contributed by atoms with Crippen LogP contribution in [0, 0.1) is 0 Å². The summed E-state index contributed by atoms with van der Waals surface area (Å²) in [6.07, 6.45) is 0. The second kappa shape index (κ2) is 11.1. The molecule has 0 heterocycles. The third-order valence-electron chi connectivity index (χ3n) is 4.89. The highest BCUT2D eigenvalue weighted by atomic mass is 35.5. The van der Waals surface area contributed by atoms with Gasteiger partial charge in [-0.05, 0) is 62.9 Å². The summed E-state index contributed by atoms with van der Waals surface area (Å²) in [6, 6.07) is 12.1. The fourth-order valence-corrected chi connectivity index (χ4v) is 3.52. The maximum atomic E-state index is 13.2. The van der Waals surface area contributed by atoms with Crippen LogP contribution in [-0.4, -0.2) is 34.9 Å². The summed E-state index contributed by atoms with van der Waals surface area (Å²) >= 11 is 12.2. The quantitative estimate of drug-likeness (QED) is 0.519.